The predicted octanol–water partition coefficient (Wildman–Crippen LogP) is 1.31. The van der Waals surface area contributed by atoms with Gasteiger partial charge in [0.2, 0.25) is 5.88 Å². The van der Waals surface area contributed by atoms with Crippen LogP contribution in [0.2, 0.25) is 0 Å². The first-order chi connectivity index (χ1) is 7.22. The summed E-state index contributed by atoms with van der Waals surface area (Å²) in [7, 11) is 0. The highest BCUT2D eigenvalue weighted by Gasteiger charge is 2.23. The van der Waals surface area contributed by atoms with Crippen LogP contribution >= 0.6 is 0 Å². The number of nitrogens with zero attached hydrogens (tertiary/aromatic N) is 1. The van der Waals surface area contributed by atoms with Crippen molar-refractivity contribution < 1.29 is 14.6 Å². The normalized spacial score (nSPS) is 15.7. The van der Waals surface area contributed by atoms with Crippen molar-refractivity contribution in [2.75, 3.05) is 5.32 Å². The SMILES string of the molecule is N#CC(C(=O)O)=C1Nc2ccccc2O1. The molecule has 0 radical (unpaired) electrons. The number of carboxylic acids is 1. The number of nitrogens with one attached hydrogen (secondary N) is 1. The number of carbonyl (C=O) groups is 1. The van der Waals surface area contributed by atoms with E-state index in [0.717, 1.165) is 0 Å². The van der Waals surface area contributed by atoms with E-state index in [0.29, 0.717) is 11.4 Å². The summed E-state index contributed by atoms with van der Waals surface area (Å²) in [6.45, 7) is 0. The minimum absolute atomic E-state index is 0.0359. The van der Waals surface area contributed by atoms with Crippen molar-refractivity contribution in [2.45, 2.75) is 0 Å². The second-order valence-electron chi connectivity index (χ2n) is 2.84. The third-order valence-corrected chi connectivity index (χ3v) is 1.90. The number of carboxylic acid groups (broad SMARTS) is 1. The topological polar surface area (TPSA) is 82.4 Å². The van der Waals surface area contributed by atoms with Crippen LogP contribution < -0.4 is 10.1 Å². The van der Waals surface area contributed by atoms with Crippen LogP contribution in [0.25, 0.3) is 0 Å². The summed E-state index contributed by atoms with van der Waals surface area (Å²) in [5.74, 6) is -0.833. The number of fused-ring (bicyclic) bond motifs is 1. The molecule has 1 aliphatic rings. The van der Waals surface area contributed by atoms with Crippen molar-refractivity contribution in [1.29, 1.82) is 5.26 Å². The van der Waals surface area contributed by atoms with Gasteiger partial charge in [-0.25, -0.2) is 4.79 Å². The highest BCUT2D eigenvalue weighted by molar-refractivity contribution is 5.93. The predicted molar refractivity (Wildman–Crippen MR) is 51.0 cm³/mol. The van der Waals surface area contributed by atoms with Gasteiger partial charge in [0.05, 0.1) is 5.69 Å². The van der Waals surface area contributed by atoms with Gasteiger partial charge < -0.3 is 15.2 Å². The molecule has 1 heterocycles. The molecule has 0 atom stereocenters. The maximum absolute atomic E-state index is 10.7. The summed E-state index contributed by atoms with van der Waals surface area (Å²) in [4.78, 5) is 10.7. The molecule has 2 N–H and O–H groups in total. The fourth-order valence-corrected chi connectivity index (χ4v) is 1.23. The van der Waals surface area contributed by atoms with E-state index in [1.165, 1.54) is 0 Å². The monoisotopic (exact) mass is 202 g/mol. The molecule has 0 aromatic heterocycles. The van der Waals surface area contributed by atoms with Crippen molar-refractivity contribution in [3.8, 4) is 11.8 Å². The van der Waals surface area contributed by atoms with Gasteiger partial charge in [-0.15, -0.1) is 0 Å². The summed E-state index contributed by atoms with van der Waals surface area (Å²) >= 11 is 0. The molecule has 0 amide bonds. The molecule has 1 aromatic rings. The Balaban J connectivity index is 2.42. The fraction of sp³-hybridized carbons (Fsp3) is 0. The van der Waals surface area contributed by atoms with Gasteiger partial charge in [-0.1, -0.05) is 12.1 Å². The number of para-hydroxylation sites is 2. The lowest BCUT2D eigenvalue weighted by molar-refractivity contribution is -0.132. The summed E-state index contributed by atoms with van der Waals surface area (Å²) in [5, 5.41) is 20.1. The van der Waals surface area contributed by atoms with E-state index in [4.69, 9.17) is 15.1 Å². The van der Waals surface area contributed by atoms with Gasteiger partial charge in [0, 0.05) is 0 Å². The van der Waals surface area contributed by atoms with Crippen molar-refractivity contribution in [3.63, 3.8) is 0 Å². The first-order valence-corrected chi connectivity index (χ1v) is 4.14. The number of nitriles is 1. The fourth-order valence-electron chi connectivity index (χ4n) is 1.23. The molecule has 74 valence electrons. The van der Waals surface area contributed by atoms with Crippen LogP contribution in [0.3, 0.4) is 0 Å². The lowest BCUT2D eigenvalue weighted by Crippen LogP contribution is -2.09. The smallest absolute Gasteiger partial charge is 0.352 e. The third-order valence-electron chi connectivity index (χ3n) is 1.90. The Morgan fingerprint density at radius 3 is 2.80 bits per heavy atom. The zero-order valence-electron chi connectivity index (χ0n) is 7.52. The van der Waals surface area contributed by atoms with Crippen LogP contribution in [0.4, 0.5) is 5.69 Å². The molecule has 5 heteroatoms. The quantitative estimate of drug-likeness (QED) is 0.530. The Labute approximate surface area is 85.2 Å². The maximum atomic E-state index is 10.7. The average Bonchev–Trinajstić information content (AvgIpc) is 2.61. The van der Waals surface area contributed by atoms with Crippen molar-refractivity contribution in [3.05, 3.63) is 35.7 Å². The summed E-state index contributed by atoms with van der Waals surface area (Å²) < 4.78 is 5.19. The molecule has 0 fully saturated rings. The minimum atomic E-state index is -1.31. The van der Waals surface area contributed by atoms with E-state index in [1.807, 2.05) is 0 Å². The van der Waals surface area contributed by atoms with E-state index < -0.39 is 11.5 Å². The van der Waals surface area contributed by atoms with Gasteiger partial charge >= 0.3 is 5.97 Å². The molecule has 2 rings (SSSR count). The number of ether oxygens (including phenoxy) is 1. The Bertz CT molecular complexity index is 473. The van der Waals surface area contributed by atoms with E-state index in [9.17, 15) is 4.79 Å². The molecule has 5 nitrogen and oxygen atoms in total. The van der Waals surface area contributed by atoms with E-state index in [-0.39, 0.29) is 5.88 Å². The third kappa shape index (κ3) is 1.48. The highest BCUT2D eigenvalue weighted by atomic mass is 16.5. The molecule has 0 unspecified atom stereocenters. The number of hydrogen-bond acceptors (Lipinski definition) is 4. The van der Waals surface area contributed by atoms with Crippen LogP contribution in [0.1, 0.15) is 0 Å². The first-order valence-electron chi connectivity index (χ1n) is 4.14. The second kappa shape index (κ2) is 3.35. The second-order valence-corrected chi connectivity index (χ2v) is 2.84. The number of anilines is 1. The zero-order valence-corrected chi connectivity index (χ0v) is 7.52. The lowest BCUT2D eigenvalue weighted by Gasteiger charge is -1.98. The molecule has 15 heavy (non-hydrogen) atoms. The summed E-state index contributed by atoms with van der Waals surface area (Å²) in [6.07, 6.45) is 0. The number of rotatable bonds is 1. The molecule has 1 aliphatic heterocycles. The minimum Gasteiger partial charge on any atom is -0.477 e. The van der Waals surface area contributed by atoms with E-state index >= 15 is 0 Å². The number of benzene rings is 1. The Hall–Kier alpha value is -2.48. The number of aliphatic carboxylic acids is 1. The first kappa shape index (κ1) is 9.09. The van der Waals surface area contributed by atoms with Crippen LogP contribution in [-0.2, 0) is 4.79 Å². The van der Waals surface area contributed by atoms with Crippen LogP contribution in [0.15, 0.2) is 35.7 Å². The largest absolute Gasteiger partial charge is 0.477 e. The zero-order chi connectivity index (χ0) is 10.8. The van der Waals surface area contributed by atoms with Gasteiger partial charge in [0.15, 0.2) is 11.3 Å². The van der Waals surface area contributed by atoms with E-state index in [2.05, 4.69) is 5.32 Å². The van der Waals surface area contributed by atoms with Gasteiger partial charge in [-0.05, 0) is 12.1 Å². The van der Waals surface area contributed by atoms with Crippen molar-refractivity contribution in [1.82, 2.24) is 0 Å². The maximum Gasteiger partial charge on any atom is 0.352 e. The van der Waals surface area contributed by atoms with E-state index in [1.54, 1.807) is 30.3 Å². The van der Waals surface area contributed by atoms with Gasteiger partial charge in [0.1, 0.15) is 6.07 Å². The van der Waals surface area contributed by atoms with Gasteiger partial charge in [-0.2, -0.15) is 5.26 Å². The standard InChI is InChI=1S/C10H6N2O3/c11-5-6(10(13)14)9-12-7-3-1-2-4-8(7)15-9/h1-4,12H,(H,13,14). The Morgan fingerprint density at radius 1 is 1.47 bits per heavy atom. The highest BCUT2D eigenvalue weighted by Crippen LogP contribution is 2.33. The summed E-state index contributed by atoms with van der Waals surface area (Å²) in [5.41, 5.74) is 0.215. The van der Waals surface area contributed by atoms with Crippen LogP contribution in [0, 0.1) is 11.3 Å². The molecule has 0 spiro atoms. The molecule has 0 saturated carbocycles. The Kier molecular flexibility index (Phi) is 2.03. The van der Waals surface area contributed by atoms with Gasteiger partial charge in [0.25, 0.3) is 0 Å². The molecular weight excluding hydrogens is 196 g/mol. The summed E-state index contributed by atoms with van der Waals surface area (Å²) in [6, 6.07) is 8.54. The van der Waals surface area contributed by atoms with Gasteiger partial charge in [-0.3, -0.25) is 0 Å². The average molecular weight is 202 g/mol. The Morgan fingerprint density at radius 2 is 2.20 bits per heavy atom. The van der Waals surface area contributed by atoms with Crippen molar-refractivity contribution in [2.24, 2.45) is 0 Å². The van der Waals surface area contributed by atoms with Crippen LogP contribution in [0.5, 0.6) is 5.75 Å². The molecular formula is C10H6N2O3. The van der Waals surface area contributed by atoms with Crippen molar-refractivity contribution >= 4 is 11.7 Å². The number of hydrogen-bond donors (Lipinski definition) is 2. The molecule has 1 aromatic carbocycles. The molecule has 0 saturated heterocycles. The molecule has 0 bridgehead atoms. The lowest BCUT2D eigenvalue weighted by atomic mass is 10.3. The molecule has 0 aliphatic carbocycles. The van der Waals surface area contributed by atoms with Crippen LogP contribution in [-0.4, -0.2) is 11.1 Å².